The summed E-state index contributed by atoms with van der Waals surface area (Å²) >= 11 is 0. The molecule has 3 aromatic carbocycles. The molecule has 1 radical (unpaired) electrons. The zero-order valence-corrected chi connectivity index (χ0v) is 26.7. The van der Waals surface area contributed by atoms with Gasteiger partial charge >= 0.3 is 0 Å². The van der Waals surface area contributed by atoms with Crippen molar-refractivity contribution in [3.63, 3.8) is 0 Å². The molecule has 0 amide bonds. The summed E-state index contributed by atoms with van der Waals surface area (Å²) in [7, 11) is 0. The predicted molar refractivity (Wildman–Crippen MR) is 161 cm³/mol. The largest absolute Gasteiger partial charge is 0.512 e. The van der Waals surface area contributed by atoms with E-state index in [4.69, 9.17) is 10.1 Å². The van der Waals surface area contributed by atoms with E-state index in [-0.39, 0.29) is 37.1 Å². The van der Waals surface area contributed by atoms with Crippen LogP contribution in [0.3, 0.4) is 0 Å². The van der Waals surface area contributed by atoms with E-state index in [2.05, 4.69) is 88.4 Å². The Labute approximate surface area is 252 Å². The van der Waals surface area contributed by atoms with Gasteiger partial charge in [0, 0.05) is 37.0 Å². The van der Waals surface area contributed by atoms with Crippen molar-refractivity contribution in [2.75, 3.05) is 0 Å². The van der Waals surface area contributed by atoms with Gasteiger partial charge in [-0.15, -0.1) is 34.9 Å². The molecule has 1 aromatic heterocycles. The van der Waals surface area contributed by atoms with E-state index in [0.29, 0.717) is 5.92 Å². The molecule has 2 aliphatic rings. The molecular weight excluding hydrogens is 671 g/mol. The number of pyridine rings is 1. The fourth-order valence-electron chi connectivity index (χ4n) is 6.79. The van der Waals surface area contributed by atoms with E-state index in [1.165, 1.54) is 84.4 Å². The molecule has 3 nitrogen and oxygen atoms in total. The second-order valence-electron chi connectivity index (χ2n) is 11.8. The maximum atomic E-state index is 10.0. The zero-order chi connectivity index (χ0) is 27.9. The second kappa shape index (κ2) is 11.8. The summed E-state index contributed by atoms with van der Waals surface area (Å²) in [5.74, 6) is 0.626. The first-order valence-electron chi connectivity index (χ1n) is 14.0. The van der Waals surface area contributed by atoms with E-state index in [0.717, 1.165) is 16.8 Å². The summed E-state index contributed by atoms with van der Waals surface area (Å²) in [6, 6.07) is 23.8. The van der Waals surface area contributed by atoms with Crippen LogP contribution >= 0.6 is 0 Å². The molecule has 1 saturated carbocycles. The van der Waals surface area contributed by atoms with Crippen molar-refractivity contribution in [1.29, 1.82) is 0 Å². The number of hydrogen-bond donors (Lipinski definition) is 1. The van der Waals surface area contributed by atoms with Crippen molar-refractivity contribution in [3.05, 3.63) is 100 Å². The van der Waals surface area contributed by atoms with Crippen molar-refractivity contribution in [2.45, 2.75) is 78.6 Å². The Morgan fingerprint density at radius 1 is 1.00 bits per heavy atom. The van der Waals surface area contributed by atoms with Crippen LogP contribution < -0.4 is 0 Å². The number of allylic oxidation sites excluding steroid dienone is 2. The maximum Gasteiger partial charge on any atom is 0.155 e. The number of carbonyl (C=O) groups is 1. The molecule has 0 atom stereocenters. The second-order valence-corrected chi connectivity index (χ2v) is 11.8. The van der Waals surface area contributed by atoms with Crippen LogP contribution in [0, 0.1) is 19.9 Å². The number of aliphatic hydroxyl groups excluding tert-OH is 1. The number of hydrogen-bond acceptors (Lipinski definition) is 3. The van der Waals surface area contributed by atoms with Gasteiger partial charge in [0.25, 0.3) is 0 Å². The van der Waals surface area contributed by atoms with Gasteiger partial charge in [0.15, 0.2) is 5.78 Å². The molecule has 40 heavy (non-hydrogen) atoms. The molecule has 209 valence electrons. The van der Waals surface area contributed by atoms with Crippen molar-refractivity contribution >= 4 is 16.7 Å². The molecule has 0 aliphatic heterocycles. The first-order valence-corrected chi connectivity index (χ1v) is 14.0. The number of ketones is 1. The molecule has 0 spiro atoms. The zero-order valence-electron chi connectivity index (χ0n) is 24.3. The standard InChI is InChI=1S/C31H30N.C5H8O2.Ir/c1-19-16-20(2)18-22(17-19)30-29-27(24-12-7-8-15-26(24)32-30)25-14-9-13-23(21-10-5-6-11-21)28(25)31(29,3)4;1-4(6)3-5(2)7;/h7-9,12-17,21H,5-6,10-11H2,1-4H3;3,6H,1-2H3;/q-1;;/b;4-3-;. The third kappa shape index (κ3) is 5.57. The quantitative estimate of drug-likeness (QED) is 0.131. The molecular formula is C36H38IrNO2-. The molecule has 0 unspecified atom stereocenters. The number of para-hydroxylation sites is 1. The summed E-state index contributed by atoms with van der Waals surface area (Å²) in [5.41, 5.74) is 12.9. The van der Waals surface area contributed by atoms with Gasteiger partial charge in [-0.2, -0.15) is 0 Å². The van der Waals surface area contributed by atoms with E-state index in [1.54, 1.807) is 5.56 Å². The summed E-state index contributed by atoms with van der Waals surface area (Å²) in [4.78, 5) is 15.3. The van der Waals surface area contributed by atoms with Crippen LogP contribution in [0.25, 0.3) is 33.3 Å². The van der Waals surface area contributed by atoms with Gasteiger partial charge in [-0.25, -0.2) is 0 Å². The van der Waals surface area contributed by atoms with Crippen LogP contribution in [-0.2, 0) is 30.3 Å². The summed E-state index contributed by atoms with van der Waals surface area (Å²) < 4.78 is 0. The Bertz CT molecular complexity index is 1580. The molecule has 6 rings (SSSR count). The topological polar surface area (TPSA) is 50.2 Å². The van der Waals surface area contributed by atoms with Gasteiger partial charge in [0.05, 0.1) is 11.3 Å². The molecule has 4 heteroatoms. The Morgan fingerprint density at radius 3 is 2.33 bits per heavy atom. The molecule has 2 aliphatic carbocycles. The number of nitrogens with zero attached hydrogens (tertiary/aromatic N) is 1. The average molecular weight is 709 g/mol. The van der Waals surface area contributed by atoms with Crippen LogP contribution in [0.15, 0.2) is 66.4 Å². The van der Waals surface area contributed by atoms with Gasteiger partial charge in [-0.1, -0.05) is 76.9 Å². The first kappa shape index (κ1) is 29.9. The third-order valence-corrected chi connectivity index (χ3v) is 8.12. The number of aromatic nitrogens is 1. The molecule has 4 aromatic rings. The molecule has 0 bridgehead atoms. The molecule has 1 N–H and O–H groups in total. The van der Waals surface area contributed by atoms with Crippen LogP contribution in [0.5, 0.6) is 0 Å². The monoisotopic (exact) mass is 709 g/mol. The first-order chi connectivity index (χ1) is 18.6. The summed E-state index contributed by atoms with van der Waals surface area (Å²) in [6.07, 6.45) is 6.52. The SMILES string of the molecule is CC(=O)/C=C(/C)O.Cc1[c-]c(-c2nc3ccccc3c3c2C(C)(C)c2c-3cccc2C2CCCC2)cc(C)c1.[Ir]. The Morgan fingerprint density at radius 2 is 1.70 bits per heavy atom. The summed E-state index contributed by atoms with van der Waals surface area (Å²) in [6.45, 7) is 12.0. The minimum absolute atomic E-state index is 0. The van der Waals surface area contributed by atoms with Crippen molar-refractivity contribution in [2.24, 2.45) is 0 Å². The van der Waals surface area contributed by atoms with Crippen molar-refractivity contribution in [1.82, 2.24) is 4.98 Å². The average Bonchev–Trinajstić information content (AvgIpc) is 3.48. The predicted octanol–water partition coefficient (Wildman–Crippen LogP) is 9.32. The van der Waals surface area contributed by atoms with Gasteiger partial charge in [-0.3, -0.25) is 9.78 Å². The number of carbonyl (C=O) groups excluding carboxylic acids is 1. The van der Waals surface area contributed by atoms with Gasteiger partial charge in [-0.05, 0) is 72.2 Å². The van der Waals surface area contributed by atoms with E-state index >= 15 is 0 Å². The number of aryl methyl sites for hydroxylation is 2. The fourth-order valence-corrected chi connectivity index (χ4v) is 6.79. The Balaban J connectivity index is 0.000000413. The number of aliphatic hydroxyl groups is 1. The smallest absolute Gasteiger partial charge is 0.155 e. The van der Waals surface area contributed by atoms with Crippen molar-refractivity contribution < 1.29 is 30.0 Å². The minimum atomic E-state index is -0.125. The van der Waals surface area contributed by atoms with Crippen molar-refractivity contribution in [3.8, 4) is 22.4 Å². The van der Waals surface area contributed by atoms with Crippen LogP contribution in [0.2, 0.25) is 0 Å². The van der Waals surface area contributed by atoms with Gasteiger partial charge in [0.1, 0.15) is 0 Å². The number of fused-ring (bicyclic) bond motifs is 5. The molecule has 0 saturated heterocycles. The van der Waals surface area contributed by atoms with E-state index in [1.807, 2.05) is 0 Å². The third-order valence-electron chi connectivity index (χ3n) is 8.12. The Kier molecular flexibility index (Phi) is 8.83. The number of benzene rings is 3. The molecule has 1 heterocycles. The van der Waals surface area contributed by atoms with Gasteiger partial charge < -0.3 is 5.11 Å². The number of rotatable bonds is 3. The fraction of sp³-hybridized carbons (Fsp3) is 0.333. The molecule has 1 fully saturated rings. The Hall–Kier alpha value is -3.07. The summed E-state index contributed by atoms with van der Waals surface area (Å²) in [5, 5.41) is 9.63. The van der Waals surface area contributed by atoms with Crippen LogP contribution in [0.1, 0.15) is 87.1 Å². The van der Waals surface area contributed by atoms with E-state index in [9.17, 15) is 4.79 Å². The minimum Gasteiger partial charge on any atom is -0.512 e. The van der Waals surface area contributed by atoms with Gasteiger partial charge in [0.2, 0.25) is 0 Å². The normalized spacial score (nSPS) is 15.6. The van der Waals surface area contributed by atoms with Crippen LogP contribution in [0.4, 0.5) is 0 Å². The van der Waals surface area contributed by atoms with E-state index < -0.39 is 0 Å². The maximum absolute atomic E-state index is 10.0. The van der Waals surface area contributed by atoms with Crippen LogP contribution in [-0.4, -0.2) is 15.9 Å².